The average Bonchev–Trinajstić information content (AvgIpc) is 3.17. The van der Waals surface area contributed by atoms with Crippen LogP contribution in [-0.4, -0.2) is 42.5 Å². The predicted molar refractivity (Wildman–Crippen MR) is 156 cm³/mol. The van der Waals surface area contributed by atoms with Gasteiger partial charge in [0, 0.05) is 47.3 Å². The highest BCUT2D eigenvalue weighted by Gasteiger charge is 2.22. The van der Waals surface area contributed by atoms with Gasteiger partial charge in [0.2, 0.25) is 0 Å². The fourth-order valence-electron chi connectivity index (χ4n) is 5.15. The first-order chi connectivity index (χ1) is 18.5. The van der Waals surface area contributed by atoms with E-state index >= 15 is 0 Å². The van der Waals surface area contributed by atoms with Crippen LogP contribution < -0.4 is 10.1 Å². The SMILES string of the molecule is COc1ccc(-c2ccc3c(c2)C=C(C(=O)Nc2ccc(CN(C)C4CCC(=O)CC4)cc2)CCS3)cc1. The van der Waals surface area contributed by atoms with Crippen LogP contribution in [0.25, 0.3) is 17.2 Å². The Morgan fingerprint density at radius 3 is 2.39 bits per heavy atom. The van der Waals surface area contributed by atoms with Crippen molar-refractivity contribution in [2.75, 3.05) is 25.2 Å². The molecule has 6 heteroatoms. The Morgan fingerprint density at radius 2 is 1.68 bits per heavy atom. The fraction of sp³-hybridized carbons (Fsp3) is 0.312. The van der Waals surface area contributed by atoms with E-state index in [2.05, 4.69) is 59.7 Å². The zero-order valence-corrected chi connectivity index (χ0v) is 22.9. The van der Waals surface area contributed by atoms with Gasteiger partial charge in [0.1, 0.15) is 11.5 Å². The van der Waals surface area contributed by atoms with Crippen molar-refractivity contribution in [3.8, 4) is 16.9 Å². The van der Waals surface area contributed by atoms with Crippen LogP contribution in [-0.2, 0) is 16.1 Å². The molecule has 3 aromatic rings. The number of fused-ring (bicyclic) bond motifs is 1. The molecule has 0 spiro atoms. The Bertz CT molecular complexity index is 1320. The molecule has 0 atom stereocenters. The number of Topliss-reactive ketones (excluding diaryl/α,β-unsaturated/α-hetero) is 1. The van der Waals surface area contributed by atoms with E-state index in [4.69, 9.17) is 4.74 Å². The van der Waals surface area contributed by atoms with Crippen molar-refractivity contribution in [1.29, 1.82) is 0 Å². The molecule has 196 valence electrons. The summed E-state index contributed by atoms with van der Waals surface area (Å²) in [5, 5.41) is 3.10. The summed E-state index contributed by atoms with van der Waals surface area (Å²) in [7, 11) is 3.80. The van der Waals surface area contributed by atoms with Gasteiger partial charge in [0.15, 0.2) is 0 Å². The first kappa shape index (κ1) is 26.3. The molecule has 0 radical (unpaired) electrons. The summed E-state index contributed by atoms with van der Waals surface area (Å²) in [6.07, 6.45) is 6.04. The van der Waals surface area contributed by atoms with Gasteiger partial charge < -0.3 is 10.1 Å². The van der Waals surface area contributed by atoms with E-state index in [-0.39, 0.29) is 5.91 Å². The lowest BCUT2D eigenvalue weighted by atomic mass is 9.93. The number of carbonyl (C=O) groups is 2. The highest BCUT2D eigenvalue weighted by molar-refractivity contribution is 7.99. The van der Waals surface area contributed by atoms with Crippen LogP contribution >= 0.6 is 11.8 Å². The third-order valence-corrected chi connectivity index (χ3v) is 8.55. The summed E-state index contributed by atoms with van der Waals surface area (Å²) < 4.78 is 5.28. The molecule has 1 heterocycles. The van der Waals surface area contributed by atoms with Crippen molar-refractivity contribution in [2.24, 2.45) is 0 Å². The minimum atomic E-state index is -0.0509. The van der Waals surface area contributed by atoms with Crippen molar-refractivity contribution < 1.29 is 14.3 Å². The van der Waals surface area contributed by atoms with Gasteiger partial charge in [-0.25, -0.2) is 0 Å². The van der Waals surface area contributed by atoms with Crippen LogP contribution in [0.4, 0.5) is 5.69 Å². The molecule has 2 aliphatic rings. The van der Waals surface area contributed by atoms with Gasteiger partial charge in [-0.1, -0.05) is 30.3 Å². The number of ether oxygens (including phenoxy) is 1. The van der Waals surface area contributed by atoms with Gasteiger partial charge in [0.25, 0.3) is 5.91 Å². The van der Waals surface area contributed by atoms with Crippen molar-refractivity contribution in [3.05, 3.63) is 83.4 Å². The van der Waals surface area contributed by atoms with E-state index in [9.17, 15) is 9.59 Å². The second kappa shape index (κ2) is 12.0. The summed E-state index contributed by atoms with van der Waals surface area (Å²) >= 11 is 1.79. The van der Waals surface area contributed by atoms with E-state index in [0.29, 0.717) is 24.7 Å². The topological polar surface area (TPSA) is 58.6 Å². The van der Waals surface area contributed by atoms with E-state index in [1.54, 1.807) is 18.9 Å². The van der Waals surface area contributed by atoms with Crippen molar-refractivity contribution in [2.45, 2.75) is 49.6 Å². The lowest BCUT2D eigenvalue weighted by Gasteiger charge is -2.30. The minimum absolute atomic E-state index is 0.0509. The molecular formula is C32H34N2O3S. The number of amides is 1. The average molecular weight is 527 g/mol. The molecule has 5 rings (SSSR count). The minimum Gasteiger partial charge on any atom is -0.497 e. The predicted octanol–water partition coefficient (Wildman–Crippen LogP) is 6.82. The maximum Gasteiger partial charge on any atom is 0.251 e. The van der Waals surface area contributed by atoms with Gasteiger partial charge in [-0.05, 0) is 91.0 Å². The molecule has 0 unspecified atom stereocenters. The monoisotopic (exact) mass is 526 g/mol. The van der Waals surface area contributed by atoms with Crippen molar-refractivity contribution in [3.63, 3.8) is 0 Å². The molecule has 1 aliphatic carbocycles. The number of anilines is 1. The normalized spacial score (nSPS) is 16.0. The Labute approximate surface area is 229 Å². The molecule has 1 saturated carbocycles. The highest BCUT2D eigenvalue weighted by Crippen LogP contribution is 2.34. The number of nitrogens with one attached hydrogen (secondary N) is 1. The van der Waals surface area contributed by atoms with Gasteiger partial charge >= 0.3 is 0 Å². The summed E-state index contributed by atoms with van der Waals surface area (Å²) in [5.41, 5.74) is 6.10. The molecule has 1 aliphatic heterocycles. The van der Waals surface area contributed by atoms with Crippen LogP contribution in [0.1, 0.15) is 43.2 Å². The molecular weight excluding hydrogens is 492 g/mol. The molecule has 1 N–H and O–H groups in total. The Kier molecular flexibility index (Phi) is 8.30. The van der Waals surface area contributed by atoms with Gasteiger partial charge in [-0.15, -0.1) is 11.8 Å². The molecule has 38 heavy (non-hydrogen) atoms. The van der Waals surface area contributed by atoms with Crippen molar-refractivity contribution >= 4 is 35.2 Å². The molecule has 0 aromatic heterocycles. The van der Waals surface area contributed by atoms with Crippen LogP contribution in [0.2, 0.25) is 0 Å². The number of rotatable bonds is 7. The quantitative estimate of drug-likeness (QED) is 0.366. The number of ketones is 1. The second-order valence-corrected chi connectivity index (χ2v) is 11.2. The smallest absolute Gasteiger partial charge is 0.251 e. The second-order valence-electron chi connectivity index (χ2n) is 10.1. The van der Waals surface area contributed by atoms with Crippen LogP contribution in [0.5, 0.6) is 5.75 Å². The number of methoxy groups -OCH3 is 1. The lowest BCUT2D eigenvalue weighted by Crippen LogP contribution is -2.34. The molecule has 0 saturated heterocycles. The maximum atomic E-state index is 13.2. The first-order valence-corrected chi connectivity index (χ1v) is 14.2. The number of nitrogens with zero attached hydrogens (tertiary/aromatic N) is 1. The highest BCUT2D eigenvalue weighted by atomic mass is 32.2. The third-order valence-electron chi connectivity index (χ3n) is 7.46. The standard InChI is InChI=1S/C32H34N2O3S/c1-34(28-10-12-29(35)13-11-28)21-22-3-8-27(9-4-22)33-32(36)25-17-18-38-31-16-7-24(19-26(31)20-25)23-5-14-30(37-2)15-6-23/h3-9,14-16,19-20,28H,10-13,17-18,21H2,1-2H3,(H,33,36). The summed E-state index contributed by atoms with van der Waals surface area (Å²) in [6, 6.07) is 23.1. The first-order valence-electron chi connectivity index (χ1n) is 13.2. The largest absolute Gasteiger partial charge is 0.497 e. The summed E-state index contributed by atoms with van der Waals surface area (Å²) in [6.45, 7) is 0.836. The Hall–Kier alpha value is -3.35. The number of hydrogen-bond donors (Lipinski definition) is 1. The fourth-order valence-corrected chi connectivity index (χ4v) is 6.14. The molecule has 1 fully saturated rings. The zero-order chi connectivity index (χ0) is 26.5. The van der Waals surface area contributed by atoms with E-state index in [0.717, 1.165) is 65.3 Å². The molecule has 3 aromatic carbocycles. The van der Waals surface area contributed by atoms with E-state index in [1.807, 2.05) is 30.3 Å². The van der Waals surface area contributed by atoms with Gasteiger partial charge in [-0.3, -0.25) is 14.5 Å². The van der Waals surface area contributed by atoms with E-state index < -0.39 is 0 Å². The Balaban J connectivity index is 1.25. The summed E-state index contributed by atoms with van der Waals surface area (Å²) in [5.74, 6) is 2.04. The molecule has 5 nitrogen and oxygen atoms in total. The number of hydrogen-bond acceptors (Lipinski definition) is 5. The Morgan fingerprint density at radius 1 is 0.974 bits per heavy atom. The van der Waals surface area contributed by atoms with Crippen LogP contribution in [0.3, 0.4) is 0 Å². The van der Waals surface area contributed by atoms with Gasteiger partial charge in [-0.2, -0.15) is 0 Å². The number of benzene rings is 3. The van der Waals surface area contributed by atoms with E-state index in [1.165, 1.54) is 10.5 Å². The molecule has 0 bridgehead atoms. The zero-order valence-electron chi connectivity index (χ0n) is 22.0. The van der Waals surface area contributed by atoms with Crippen molar-refractivity contribution in [1.82, 2.24) is 4.90 Å². The van der Waals surface area contributed by atoms with Gasteiger partial charge in [0.05, 0.1) is 7.11 Å². The van der Waals surface area contributed by atoms with Crippen LogP contribution in [0, 0.1) is 0 Å². The number of thioether (sulfide) groups is 1. The summed E-state index contributed by atoms with van der Waals surface area (Å²) in [4.78, 5) is 28.3. The molecule has 1 amide bonds. The maximum absolute atomic E-state index is 13.2. The lowest BCUT2D eigenvalue weighted by molar-refractivity contribution is -0.121. The number of carbonyl (C=O) groups excluding carboxylic acids is 2. The third kappa shape index (κ3) is 6.37. The van der Waals surface area contributed by atoms with Crippen LogP contribution in [0.15, 0.2) is 77.2 Å².